The zero-order valence-electron chi connectivity index (χ0n) is 6.41. The molecule has 6 heteroatoms. The minimum absolute atomic E-state index is 0.0361. The number of ketones is 1. The predicted octanol–water partition coefficient (Wildman–Crippen LogP) is -3.41. The second-order valence-electron chi connectivity index (χ2n) is 2.06. The molecule has 0 amide bonds. The van der Waals surface area contributed by atoms with Gasteiger partial charge in [-0.3, -0.25) is 22.7 Å². The van der Waals surface area contributed by atoms with E-state index in [1.54, 1.807) is 0 Å². The maximum atomic E-state index is 10.5. The first-order valence-electron chi connectivity index (χ1n) is 3.23. The van der Waals surface area contributed by atoms with E-state index in [4.69, 9.17) is 16.6 Å². The summed E-state index contributed by atoms with van der Waals surface area (Å²) >= 11 is 0. The van der Waals surface area contributed by atoms with Crippen LogP contribution < -0.4 is 16.5 Å². The molecule has 0 aliphatic heterocycles. The topological polar surface area (TPSA) is 120 Å². The van der Waals surface area contributed by atoms with Crippen LogP contribution in [0.25, 0.3) is 0 Å². The lowest BCUT2D eigenvalue weighted by Crippen LogP contribution is -2.78. The summed E-state index contributed by atoms with van der Waals surface area (Å²) in [4.78, 5) is 23.0. The van der Waals surface area contributed by atoms with E-state index >= 15 is 0 Å². The number of guanidine groups is 1. The predicted molar refractivity (Wildman–Crippen MR) is 40.8 cm³/mol. The summed E-state index contributed by atoms with van der Waals surface area (Å²) in [6.07, 6.45) is 1.31. The molecule has 0 aromatic rings. The average molecular weight is 173 g/mol. The van der Waals surface area contributed by atoms with Crippen LogP contribution in [0.2, 0.25) is 0 Å². The highest BCUT2D eigenvalue weighted by Gasteiger charge is 2.04. The van der Waals surface area contributed by atoms with Crippen LogP contribution in [-0.4, -0.2) is 29.4 Å². The van der Waals surface area contributed by atoms with Gasteiger partial charge in [0.2, 0.25) is 5.78 Å². The van der Waals surface area contributed by atoms with Crippen LogP contribution in [0.1, 0.15) is 6.42 Å². The molecule has 0 heterocycles. The van der Waals surface area contributed by atoms with E-state index in [2.05, 4.69) is 4.99 Å². The van der Waals surface area contributed by atoms with Crippen LogP contribution in [-0.2, 0) is 9.59 Å². The second kappa shape index (κ2) is 5.11. The number of Topliss-reactive ketones (excluding diaryl/α,β-unsaturated/α-hetero) is 1. The Bertz CT molecular complexity index is 208. The highest BCUT2D eigenvalue weighted by molar-refractivity contribution is 6.32. The fourth-order valence-electron chi connectivity index (χ4n) is 0.481. The Morgan fingerprint density at radius 1 is 1.42 bits per heavy atom. The SMILES string of the molecule is NC(N)=[NH+]C[CH-]CC(=O)C(=O)O. The third-order valence-corrected chi connectivity index (χ3v) is 1.02. The molecule has 0 bridgehead atoms. The average Bonchev–Trinajstić information content (AvgIpc) is 1.97. The van der Waals surface area contributed by atoms with Gasteiger partial charge in [-0.15, -0.1) is 6.42 Å². The van der Waals surface area contributed by atoms with Gasteiger partial charge >= 0.3 is 11.9 Å². The number of nitrogens with one attached hydrogen (secondary N) is 1. The Labute approximate surface area is 69.3 Å². The van der Waals surface area contributed by atoms with E-state index < -0.39 is 11.8 Å². The zero-order chi connectivity index (χ0) is 9.56. The molecule has 0 aliphatic carbocycles. The quantitative estimate of drug-likeness (QED) is 0.113. The van der Waals surface area contributed by atoms with Crippen molar-refractivity contribution in [3.63, 3.8) is 0 Å². The van der Waals surface area contributed by atoms with E-state index in [9.17, 15) is 9.59 Å². The molecule has 6 N–H and O–H groups in total. The molecule has 68 valence electrons. The molecule has 0 aromatic heterocycles. The van der Waals surface area contributed by atoms with Gasteiger partial charge in [0.1, 0.15) is 0 Å². The summed E-state index contributed by atoms with van der Waals surface area (Å²) in [6, 6.07) is 0. The monoisotopic (exact) mass is 173 g/mol. The molecule has 0 saturated heterocycles. The molecule has 0 saturated carbocycles. The molecule has 12 heavy (non-hydrogen) atoms. The molecule has 6 nitrogen and oxygen atoms in total. The minimum atomic E-state index is -1.43. The van der Waals surface area contributed by atoms with Crippen molar-refractivity contribution < 1.29 is 19.7 Å². The largest absolute Gasteiger partial charge is 0.476 e. The minimum Gasteiger partial charge on any atom is -0.476 e. The smallest absolute Gasteiger partial charge is 0.369 e. The summed E-state index contributed by atoms with van der Waals surface area (Å²) in [5.41, 5.74) is 10.1. The molecule has 0 radical (unpaired) electrons. The van der Waals surface area contributed by atoms with Gasteiger partial charge in [-0.05, 0) is 0 Å². The van der Waals surface area contributed by atoms with Crippen molar-refractivity contribution >= 4 is 17.7 Å². The van der Waals surface area contributed by atoms with Crippen molar-refractivity contribution in [2.24, 2.45) is 11.5 Å². The van der Waals surface area contributed by atoms with Crippen molar-refractivity contribution in [2.45, 2.75) is 6.42 Å². The van der Waals surface area contributed by atoms with E-state index in [1.807, 2.05) is 0 Å². The van der Waals surface area contributed by atoms with Crippen LogP contribution in [0.4, 0.5) is 0 Å². The highest BCUT2D eigenvalue weighted by Crippen LogP contribution is 1.85. The molecule has 0 spiro atoms. The third kappa shape index (κ3) is 5.21. The van der Waals surface area contributed by atoms with Crippen molar-refractivity contribution in [1.82, 2.24) is 0 Å². The van der Waals surface area contributed by atoms with Crippen molar-refractivity contribution in [3.8, 4) is 0 Å². The number of aliphatic carboxylic acids is 1. The van der Waals surface area contributed by atoms with Gasteiger partial charge in [0.05, 0.1) is 0 Å². The van der Waals surface area contributed by atoms with Gasteiger partial charge in [0.15, 0.2) is 0 Å². The number of rotatable bonds is 5. The zero-order valence-corrected chi connectivity index (χ0v) is 6.41. The van der Waals surface area contributed by atoms with E-state index in [0.29, 0.717) is 0 Å². The molecule has 0 rings (SSSR count). The molecule has 0 unspecified atom stereocenters. The van der Waals surface area contributed by atoms with Crippen LogP contribution in [0.5, 0.6) is 0 Å². The summed E-state index contributed by atoms with van der Waals surface area (Å²) in [7, 11) is 0. The van der Waals surface area contributed by atoms with Crippen molar-refractivity contribution in [3.05, 3.63) is 6.42 Å². The molecular formula is C6H11N3O3. The lowest BCUT2D eigenvalue weighted by Gasteiger charge is -2.02. The van der Waals surface area contributed by atoms with E-state index in [1.165, 1.54) is 6.42 Å². The summed E-state index contributed by atoms with van der Waals surface area (Å²) in [5, 5.41) is 8.15. The number of carbonyl (C=O) groups excluding carboxylic acids is 1. The van der Waals surface area contributed by atoms with E-state index in [0.717, 1.165) is 0 Å². The van der Waals surface area contributed by atoms with Crippen LogP contribution in [0.3, 0.4) is 0 Å². The number of carboxylic acids is 1. The van der Waals surface area contributed by atoms with Gasteiger partial charge in [-0.2, -0.15) is 0 Å². The first-order valence-corrected chi connectivity index (χ1v) is 3.23. The van der Waals surface area contributed by atoms with Gasteiger partial charge in [-0.25, -0.2) is 4.79 Å². The molecule has 0 atom stereocenters. The number of hydrogen-bond acceptors (Lipinski definition) is 2. The first kappa shape index (κ1) is 10.4. The molecule has 0 aromatic carbocycles. The molecule has 0 aliphatic rings. The van der Waals surface area contributed by atoms with Gasteiger partial charge in [0, 0.05) is 0 Å². The Morgan fingerprint density at radius 3 is 2.42 bits per heavy atom. The molecular weight excluding hydrogens is 162 g/mol. The normalized spacial score (nSPS) is 9.00. The standard InChI is InChI=1S/C6H10N3O3/c7-6(8)9-3-1-2-4(10)5(11)12/h1H,2-3H2,(H,11,12)(H4,7,8,9)/q-1/p+1. The van der Waals surface area contributed by atoms with Gasteiger partial charge in [0.25, 0.3) is 0 Å². The number of nitrogens with two attached hydrogens (primary N) is 2. The Hall–Kier alpha value is -1.59. The highest BCUT2D eigenvalue weighted by atomic mass is 16.4. The van der Waals surface area contributed by atoms with E-state index in [-0.39, 0.29) is 18.9 Å². The number of carbonyl (C=O) groups is 2. The van der Waals surface area contributed by atoms with Crippen molar-refractivity contribution in [2.75, 3.05) is 6.54 Å². The lowest BCUT2D eigenvalue weighted by molar-refractivity contribution is -0.450. The summed E-state index contributed by atoms with van der Waals surface area (Å²) in [5.74, 6) is -2.25. The number of hydrogen-bond donors (Lipinski definition) is 4. The maximum Gasteiger partial charge on any atom is 0.369 e. The Balaban J connectivity index is 3.51. The third-order valence-electron chi connectivity index (χ3n) is 1.02. The lowest BCUT2D eigenvalue weighted by atomic mass is 10.2. The van der Waals surface area contributed by atoms with Gasteiger partial charge < -0.3 is 10.1 Å². The van der Waals surface area contributed by atoms with Gasteiger partial charge in [-0.1, -0.05) is 6.54 Å². The first-order chi connectivity index (χ1) is 5.54. The second-order valence-corrected chi connectivity index (χ2v) is 2.06. The Kier molecular flexibility index (Phi) is 4.43. The fraction of sp³-hybridized carbons (Fsp3) is 0.333. The summed E-state index contributed by atoms with van der Waals surface area (Å²) in [6.45, 7) is 0.279. The number of carboxylic acid groups (broad SMARTS) is 1. The van der Waals surface area contributed by atoms with Crippen LogP contribution >= 0.6 is 0 Å². The summed E-state index contributed by atoms with van der Waals surface area (Å²) < 4.78 is 0. The fourth-order valence-corrected chi connectivity index (χ4v) is 0.481. The van der Waals surface area contributed by atoms with Crippen molar-refractivity contribution in [1.29, 1.82) is 0 Å². The maximum absolute atomic E-state index is 10.5. The van der Waals surface area contributed by atoms with Crippen LogP contribution in [0.15, 0.2) is 0 Å². The van der Waals surface area contributed by atoms with Crippen LogP contribution in [0, 0.1) is 6.42 Å². The molecule has 0 fully saturated rings. The Morgan fingerprint density at radius 2 is 2.00 bits per heavy atom.